The molecule has 0 heterocycles. The molecule has 0 saturated carbocycles. The SMILES string of the molecule is CC(C)COC(=O)CC(C(=O)OCC(C)C)S(=O)(=O)O.[Na+]. The molecule has 0 aliphatic rings. The van der Waals surface area contributed by atoms with Crippen LogP contribution in [0.15, 0.2) is 0 Å². The molecule has 1 atom stereocenters. The summed E-state index contributed by atoms with van der Waals surface area (Å²) in [6.07, 6.45) is -0.761. The van der Waals surface area contributed by atoms with Crippen molar-refractivity contribution in [2.24, 2.45) is 11.8 Å². The number of hydrogen-bond acceptors (Lipinski definition) is 6. The summed E-state index contributed by atoms with van der Waals surface area (Å²) in [5.41, 5.74) is 0. The van der Waals surface area contributed by atoms with Gasteiger partial charge in [0, 0.05) is 0 Å². The normalized spacial score (nSPS) is 12.7. The van der Waals surface area contributed by atoms with Crippen molar-refractivity contribution in [2.45, 2.75) is 39.4 Å². The Bertz CT molecular complexity index is 431. The van der Waals surface area contributed by atoms with Crippen LogP contribution in [0.1, 0.15) is 34.1 Å². The van der Waals surface area contributed by atoms with Gasteiger partial charge in [-0.05, 0) is 11.8 Å². The van der Waals surface area contributed by atoms with E-state index in [9.17, 15) is 18.0 Å². The van der Waals surface area contributed by atoms with Gasteiger partial charge in [0.15, 0.2) is 5.25 Å². The van der Waals surface area contributed by atoms with Gasteiger partial charge in [0.05, 0.1) is 19.6 Å². The molecule has 0 saturated heterocycles. The molecule has 0 aromatic heterocycles. The molecule has 0 bridgehead atoms. The molecule has 7 nitrogen and oxygen atoms in total. The van der Waals surface area contributed by atoms with E-state index in [4.69, 9.17) is 14.0 Å². The molecule has 0 rings (SSSR count). The Kier molecular flexibility index (Phi) is 11.6. The predicted molar refractivity (Wildman–Crippen MR) is 71.5 cm³/mol. The molecule has 0 aromatic carbocycles. The molecule has 0 aromatic rings. The van der Waals surface area contributed by atoms with Crippen molar-refractivity contribution in [3.8, 4) is 0 Å². The summed E-state index contributed by atoms with van der Waals surface area (Å²) in [6, 6.07) is 0. The molecule has 0 fully saturated rings. The third-order valence-corrected chi connectivity index (χ3v) is 3.19. The number of rotatable bonds is 8. The first kappa shape index (κ1) is 23.1. The van der Waals surface area contributed by atoms with E-state index in [2.05, 4.69) is 0 Å². The van der Waals surface area contributed by atoms with Crippen LogP contribution in [0.3, 0.4) is 0 Å². The fourth-order valence-corrected chi connectivity index (χ4v) is 1.78. The second-order valence-corrected chi connectivity index (χ2v) is 6.91. The summed E-state index contributed by atoms with van der Waals surface area (Å²) in [6.45, 7) is 7.28. The zero-order chi connectivity index (χ0) is 15.9. The van der Waals surface area contributed by atoms with Gasteiger partial charge < -0.3 is 9.47 Å². The third-order valence-electron chi connectivity index (χ3n) is 2.11. The molecule has 1 N–H and O–H groups in total. The van der Waals surface area contributed by atoms with Gasteiger partial charge in [-0.2, -0.15) is 8.42 Å². The zero-order valence-corrected chi connectivity index (χ0v) is 16.0. The third kappa shape index (κ3) is 11.1. The monoisotopic (exact) mass is 333 g/mol. The molecule has 118 valence electrons. The Labute approximate surface area is 147 Å². The Morgan fingerprint density at radius 1 is 1.00 bits per heavy atom. The Balaban J connectivity index is 0. The average Bonchev–Trinajstić information content (AvgIpc) is 2.28. The van der Waals surface area contributed by atoms with Gasteiger partial charge in [-0.3, -0.25) is 14.1 Å². The van der Waals surface area contributed by atoms with E-state index in [1.54, 1.807) is 13.8 Å². The Morgan fingerprint density at radius 2 is 1.43 bits per heavy atom. The van der Waals surface area contributed by atoms with E-state index < -0.39 is 33.7 Å². The first-order valence-electron chi connectivity index (χ1n) is 6.32. The minimum absolute atomic E-state index is 0. The largest absolute Gasteiger partial charge is 1.00 e. The smallest absolute Gasteiger partial charge is 0.465 e. The number of esters is 2. The average molecular weight is 333 g/mol. The summed E-state index contributed by atoms with van der Waals surface area (Å²) < 4.78 is 40.8. The number of hydrogen-bond donors (Lipinski definition) is 1. The van der Waals surface area contributed by atoms with Crippen LogP contribution in [0, 0.1) is 11.8 Å². The first-order valence-corrected chi connectivity index (χ1v) is 7.83. The van der Waals surface area contributed by atoms with Crippen LogP contribution in [0.2, 0.25) is 0 Å². The van der Waals surface area contributed by atoms with Crippen molar-refractivity contribution in [3.63, 3.8) is 0 Å². The van der Waals surface area contributed by atoms with Crippen molar-refractivity contribution in [2.75, 3.05) is 13.2 Å². The van der Waals surface area contributed by atoms with E-state index in [0.29, 0.717) is 0 Å². The van der Waals surface area contributed by atoms with E-state index in [1.807, 2.05) is 13.8 Å². The van der Waals surface area contributed by atoms with Crippen LogP contribution in [0.25, 0.3) is 0 Å². The van der Waals surface area contributed by atoms with E-state index in [1.165, 1.54) is 0 Å². The Morgan fingerprint density at radius 3 is 1.81 bits per heavy atom. The van der Waals surface area contributed by atoms with Gasteiger partial charge in [-0.1, -0.05) is 27.7 Å². The maximum absolute atomic E-state index is 11.6. The standard InChI is InChI=1S/C12H22O7S.Na/c1-8(2)6-18-11(13)5-10(20(15,16)17)12(14)19-7-9(3)4;/h8-10H,5-7H2,1-4H3,(H,15,16,17);/q;+1. The molecule has 0 amide bonds. The zero-order valence-electron chi connectivity index (χ0n) is 13.2. The van der Waals surface area contributed by atoms with Gasteiger partial charge in [0.1, 0.15) is 0 Å². The van der Waals surface area contributed by atoms with Crippen LogP contribution in [-0.4, -0.2) is 43.4 Å². The second-order valence-electron chi connectivity index (χ2n) is 5.31. The van der Waals surface area contributed by atoms with Crippen molar-refractivity contribution >= 4 is 22.1 Å². The van der Waals surface area contributed by atoms with E-state index >= 15 is 0 Å². The van der Waals surface area contributed by atoms with Crippen LogP contribution in [0.5, 0.6) is 0 Å². The van der Waals surface area contributed by atoms with Crippen LogP contribution < -0.4 is 29.6 Å². The van der Waals surface area contributed by atoms with Gasteiger partial charge in [0.25, 0.3) is 10.1 Å². The van der Waals surface area contributed by atoms with Gasteiger partial charge >= 0.3 is 41.5 Å². The van der Waals surface area contributed by atoms with Crippen LogP contribution in [0.4, 0.5) is 0 Å². The summed E-state index contributed by atoms with van der Waals surface area (Å²) >= 11 is 0. The predicted octanol–water partition coefficient (Wildman–Crippen LogP) is -1.96. The molecule has 0 aliphatic carbocycles. The molecule has 0 aliphatic heterocycles. The van der Waals surface area contributed by atoms with Crippen LogP contribution >= 0.6 is 0 Å². The fourth-order valence-electron chi connectivity index (χ4n) is 1.12. The van der Waals surface area contributed by atoms with Crippen molar-refractivity contribution in [3.05, 3.63) is 0 Å². The van der Waals surface area contributed by atoms with Crippen molar-refractivity contribution < 1.29 is 61.6 Å². The summed E-state index contributed by atoms with van der Waals surface area (Å²) in [5, 5.41) is -1.94. The first-order chi connectivity index (χ1) is 9.04. The minimum Gasteiger partial charge on any atom is -0.465 e. The fraction of sp³-hybridized carbons (Fsp3) is 0.833. The van der Waals surface area contributed by atoms with E-state index in [-0.39, 0.29) is 54.6 Å². The topological polar surface area (TPSA) is 107 Å². The van der Waals surface area contributed by atoms with Crippen molar-refractivity contribution in [1.82, 2.24) is 0 Å². The van der Waals surface area contributed by atoms with Crippen LogP contribution in [-0.2, 0) is 29.2 Å². The molecular formula is C12H22NaO7S+. The number of carbonyl (C=O) groups is 2. The summed E-state index contributed by atoms with van der Waals surface area (Å²) in [4.78, 5) is 23.0. The van der Waals surface area contributed by atoms with Gasteiger partial charge in [0.2, 0.25) is 0 Å². The molecule has 0 spiro atoms. The molecule has 21 heavy (non-hydrogen) atoms. The quantitative estimate of drug-likeness (QED) is 0.312. The maximum Gasteiger partial charge on any atom is 1.00 e. The minimum atomic E-state index is -4.72. The van der Waals surface area contributed by atoms with Crippen molar-refractivity contribution in [1.29, 1.82) is 0 Å². The van der Waals surface area contributed by atoms with Gasteiger partial charge in [-0.25, -0.2) is 0 Å². The molecule has 1 unspecified atom stereocenters. The molecule has 0 radical (unpaired) electrons. The van der Waals surface area contributed by atoms with Gasteiger partial charge in [-0.15, -0.1) is 0 Å². The summed E-state index contributed by atoms with van der Waals surface area (Å²) in [7, 11) is -4.72. The van der Waals surface area contributed by atoms with E-state index in [0.717, 1.165) is 0 Å². The molecular weight excluding hydrogens is 311 g/mol. The maximum atomic E-state index is 11.6. The molecule has 9 heteroatoms. The summed E-state index contributed by atoms with van der Waals surface area (Å²) in [5.74, 6) is -1.93. The Hall–Kier alpha value is -0.150. The number of carbonyl (C=O) groups excluding carboxylic acids is 2. The second kappa shape index (κ2) is 10.6. The number of ether oxygens (including phenoxy) is 2.